The minimum atomic E-state index is -1.00. The van der Waals surface area contributed by atoms with Crippen molar-refractivity contribution in [2.45, 2.75) is 31.3 Å². The molecule has 8 nitrogen and oxygen atoms in total. The predicted octanol–water partition coefficient (Wildman–Crippen LogP) is 2.98. The van der Waals surface area contributed by atoms with Crippen molar-refractivity contribution in [2.24, 2.45) is 5.92 Å². The van der Waals surface area contributed by atoms with Crippen molar-refractivity contribution >= 4 is 17.7 Å². The van der Waals surface area contributed by atoms with Gasteiger partial charge in [-0.25, -0.2) is 18.6 Å². The van der Waals surface area contributed by atoms with Gasteiger partial charge in [0.25, 0.3) is 5.69 Å². The lowest BCUT2D eigenvalue weighted by molar-refractivity contribution is -0.621. The number of hydrogen-bond donors (Lipinski definition) is 1. The van der Waals surface area contributed by atoms with Gasteiger partial charge in [0.05, 0.1) is 11.9 Å². The molecule has 3 heterocycles. The summed E-state index contributed by atoms with van der Waals surface area (Å²) in [6.07, 6.45) is 5.70. The number of nitrogens with zero attached hydrogens (tertiary/aromatic N) is 3. The number of hydrogen-bond acceptors (Lipinski definition) is 5. The smallest absolute Gasteiger partial charge is 0.345 e. The van der Waals surface area contributed by atoms with E-state index in [1.54, 1.807) is 6.07 Å². The molecule has 1 aromatic carbocycles. The minimum absolute atomic E-state index is 0.239. The molecule has 0 radical (unpaired) electrons. The van der Waals surface area contributed by atoms with Gasteiger partial charge in [0, 0.05) is 18.1 Å². The molecule has 32 heavy (non-hydrogen) atoms. The van der Waals surface area contributed by atoms with Crippen LogP contribution in [-0.4, -0.2) is 21.4 Å². The Morgan fingerprint density at radius 3 is 2.69 bits per heavy atom. The summed E-state index contributed by atoms with van der Waals surface area (Å²) in [6, 6.07) is 6.15. The van der Waals surface area contributed by atoms with E-state index in [0.29, 0.717) is 36.1 Å². The molecular weight excluding hydrogens is 422 g/mol. The molecule has 0 bridgehead atoms. The van der Waals surface area contributed by atoms with Crippen LogP contribution in [0, 0.1) is 22.8 Å². The SMILES string of the molecule is O=C1O[C@]2(CC[C@@H](C(=O)Nc3cn(-c4cc(F)cc(F)c4)cn3)CC2)c2c1ccc[n+]2[O-]. The van der Waals surface area contributed by atoms with Crippen molar-refractivity contribution in [1.29, 1.82) is 0 Å². The fourth-order valence-corrected chi connectivity index (χ4v) is 4.51. The van der Waals surface area contributed by atoms with Gasteiger partial charge in [-0.15, -0.1) is 0 Å². The first-order valence-corrected chi connectivity index (χ1v) is 10.1. The highest BCUT2D eigenvalue weighted by atomic mass is 19.1. The number of ether oxygens (including phenoxy) is 1. The van der Waals surface area contributed by atoms with E-state index in [9.17, 15) is 23.6 Å². The van der Waals surface area contributed by atoms with Gasteiger partial charge in [0.15, 0.2) is 17.6 Å². The van der Waals surface area contributed by atoms with Crippen LogP contribution in [0.25, 0.3) is 5.69 Å². The molecule has 1 aliphatic carbocycles. The van der Waals surface area contributed by atoms with Gasteiger partial charge in [-0.2, -0.15) is 4.73 Å². The van der Waals surface area contributed by atoms with Gasteiger partial charge in [-0.05, 0) is 43.9 Å². The van der Waals surface area contributed by atoms with Crippen LogP contribution in [0.2, 0.25) is 0 Å². The maximum atomic E-state index is 13.4. The van der Waals surface area contributed by atoms with Crippen LogP contribution in [0.15, 0.2) is 49.1 Å². The van der Waals surface area contributed by atoms with Gasteiger partial charge < -0.3 is 19.8 Å². The molecule has 1 aliphatic heterocycles. The van der Waals surface area contributed by atoms with Crippen LogP contribution in [0.4, 0.5) is 14.6 Å². The Labute approximate surface area is 181 Å². The molecule has 3 aromatic rings. The van der Waals surface area contributed by atoms with E-state index in [0.717, 1.165) is 18.2 Å². The summed E-state index contributed by atoms with van der Waals surface area (Å²) >= 11 is 0. The second kappa shape index (κ2) is 7.40. The second-order valence-corrected chi connectivity index (χ2v) is 8.04. The molecule has 1 spiro atoms. The number of anilines is 1. The highest BCUT2D eigenvalue weighted by molar-refractivity contribution is 5.94. The average Bonchev–Trinajstić information content (AvgIpc) is 3.32. The standard InChI is InChI=1S/C22H18F2N4O4/c23-14-8-15(24)10-16(9-14)27-11-18(25-12-27)26-20(29)13-3-5-22(6-4-13)19-17(21(30)32-22)2-1-7-28(19)31/h1-2,7-13H,3-6H2,(H,26,29)/t13-,22+. The number of amides is 1. The largest absolute Gasteiger partial charge is 0.618 e. The molecule has 0 atom stereocenters. The number of benzene rings is 1. The zero-order chi connectivity index (χ0) is 22.5. The molecule has 10 heteroatoms. The Balaban J connectivity index is 1.27. The van der Waals surface area contributed by atoms with Crippen molar-refractivity contribution in [1.82, 2.24) is 9.55 Å². The summed E-state index contributed by atoms with van der Waals surface area (Å²) in [6.45, 7) is 0. The molecule has 2 aliphatic rings. The number of fused-ring (bicyclic) bond motifs is 2. The van der Waals surface area contributed by atoms with Crippen LogP contribution in [0.5, 0.6) is 0 Å². The number of pyridine rings is 1. The normalized spacial score (nSPS) is 21.9. The highest BCUT2D eigenvalue weighted by Crippen LogP contribution is 2.46. The number of aromatic nitrogens is 3. The van der Waals surface area contributed by atoms with Crippen molar-refractivity contribution in [3.05, 3.63) is 77.2 Å². The van der Waals surface area contributed by atoms with Gasteiger partial charge >= 0.3 is 5.97 Å². The molecular formula is C22H18F2N4O4. The number of halogens is 2. The number of rotatable bonds is 3. The maximum absolute atomic E-state index is 13.4. The van der Waals surface area contributed by atoms with E-state index in [2.05, 4.69) is 10.3 Å². The summed E-state index contributed by atoms with van der Waals surface area (Å²) in [5, 5.41) is 15.0. The van der Waals surface area contributed by atoms with Crippen LogP contribution in [0.3, 0.4) is 0 Å². The van der Waals surface area contributed by atoms with Crippen LogP contribution in [-0.2, 0) is 15.1 Å². The number of carbonyl (C=O) groups is 2. The minimum Gasteiger partial charge on any atom is -0.618 e. The number of nitrogens with one attached hydrogen (secondary N) is 1. The number of carbonyl (C=O) groups excluding carboxylic acids is 2. The molecule has 2 aromatic heterocycles. The zero-order valence-electron chi connectivity index (χ0n) is 16.8. The lowest BCUT2D eigenvalue weighted by Gasteiger charge is -2.33. The number of imidazole rings is 1. The van der Waals surface area contributed by atoms with Crippen molar-refractivity contribution in [3.63, 3.8) is 0 Å². The van der Waals surface area contributed by atoms with E-state index < -0.39 is 23.2 Å². The van der Waals surface area contributed by atoms with Crippen LogP contribution >= 0.6 is 0 Å². The first kappa shape index (κ1) is 20.1. The molecule has 1 saturated carbocycles. The second-order valence-electron chi connectivity index (χ2n) is 8.04. The zero-order valence-corrected chi connectivity index (χ0v) is 16.8. The Morgan fingerprint density at radius 1 is 1.25 bits per heavy atom. The summed E-state index contributed by atoms with van der Waals surface area (Å²) in [7, 11) is 0. The molecule has 0 saturated heterocycles. The first-order valence-electron chi connectivity index (χ1n) is 10.1. The maximum Gasteiger partial charge on any atom is 0.345 e. The summed E-state index contributed by atoms with van der Waals surface area (Å²) < 4.78 is 34.6. The Kier molecular flexibility index (Phi) is 4.65. The third kappa shape index (κ3) is 3.37. The van der Waals surface area contributed by atoms with E-state index in [1.807, 2.05) is 0 Å². The topological polar surface area (TPSA) is 100 Å². The summed E-state index contributed by atoms with van der Waals surface area (Å²) in [4.78, 5) is 29.0. The lowest BCUT2D eigenvalue weighted by Crippen LogP contribution is -2.44. The molecule has 0 unspecified atom stereocenters. The third-order valence-electron chi connectivity index (χ3n) is 6.04. The first-order chi connectivity index (χ1) is 15.3. The lowest BCUT2D eigenvalue weighted by atomic mass is 9.76. The van der Waals surface area contributed by atoms with Crippen molar-refractivity contribution in [2.75, 3.05) is 5.32 Å². The Bertz CT molecular complexity index is 1210. The quantitative estimate of drug-likeness (QED) is 0.383. The van der Waals surface area contributed by atoms with Crippen LogP contribution < -0.4 is 10.0 Å². The van der Waals surface area contributed by atoms with Gasteiger partial charge in [0.2, 0.25) is 5.91 Å². The van der Waals surface area contributed by atoms with Gasteiger partial charge in [0.1, 0.15) is 23.5 Å². The Hall–Kier alpha value is -3.82. The molecule has 1 fully saturated rings. The molecule has 164 valence electrons. The average molecular weight is 440 g/mol. The van der Waals surface area contributed by atoms with Crippen molar-refractivity contribution in [3.8, 4) is 5.69 Å². The summed E-state index contributed by atoms with van der Waals surface area (Å²) in [5.74, 6) is -2.33. The molecule has 1 amide bonds. The van der Waals surface area contributed by atoms with E-state index in [-0.39, 0.29) is 28.9 Å². The van der Waals surface area contributed by atoms with Gasteiger partial charge in [-0.3, -0.25) is 4.79 Å². The predicted molar refractivity (Wildman–Crippen MR) is 107 cm³/mol. The number of esters is 1. The molecule has 1 N–H and O–H groups in total. The van der Waals surface area contributed by atoms with Crippen LogP contribution in [0.1, 0.15) is 41.7 Å². The fraction of sp³-hybridized carbons (Fsp3) is 0.273. The van der Waals surface area contributed by atoms with Gasteiger partial charge in [-0.1, -0.05) is 0 Å². The van der Waals surface area contributed by atoms with E-state index >= 15 is 0 Å². The summed E-state index contributed by atoms with van der Waals surface area (Å²) in [5.41, 5.74) is -0.188. The monoisotopic (exact) mass is 440 g/mol. The molecule has 5 rings (SSSR count). The van der Waals surface area contributed by atoms with Crippen molar-refractivity contribution < 1.29 is 27.8 Å². The highest BCUT2D eigenvalue weighted by Gasteiger charge is 2.54. The fourth-order valence-electron chi connectivity index (χ4n) is 4.51. The third-order valence-corrected chi connectivity index (χ3v) is 6.04. The van der Waals surface area contributed by atoms with E-state index in [4.69, 9.17) is 4.74 Å². The van der Waals surface area contributed by atoms with E-state index in [1.165, 1.54) is 29.4 Å². The Morgan fingerprint density at radius 2 is 1.97 bits per heavy atom.